The predicted molar refractivity (Wildman–Crippen MR) is 107 cm³/mol. The van der Waals surface area contributed by atoms with Crippen molar-refractivity contribution in [3.05, 3.63) is 53.0 Å². The number of hydrogen-bond donors (Lipinski definition) is 2. The Hall–Kier alpha value is -2.91. The molecule has 6 nitrogen and oxygen atoms in total. The average molecular weight is 360 g/mol. The number of aromatic amines is 1. The van der Waals surface area contributed by atoms with Gasteiger partial charge in [0, 0.05) is 25.3 Å². The molecule has 0 aliphatic carbocycles. The van der Waals surface area contributed by atoms with E-state index in [2.05, 4.69) is 52.2 Å². The summed E-state index contributed by atoms with van der Waals surface area (Å²) in [6, 6.07) is 10.6. The van der Waals surface area contributed by atoms with Crippen LogP contribution in [-0.4, -0.2) is 34.1 Å². The fourth-order valence-electron chi connectivity index (χ4n) is 3.72. The van der Waals surface area contributed by atoms with Crippen LogP contribution in [0.15, 0.2) is 30.5 Å². The van der Waals surface area contributed by atoms with Gasteiger partial charge in [-0.25, -0.2) is 9.97 Å². The Morgan fingerprint density at radius 3 is 2.85 bits per heavy atom. The molecule has 0 atom stereocenters. The maximum absolute atomic E-state index is 9.27. The highest BCUT2D eigenvalue weighted by molar-refractivity contribution is 5.79. The Kier molecular flexibility index (Phi) is 4.78. The zero-order valence-electron chi connectivity index (χ0n) is 15.8. The normalized spacial score (nSPS) is 15.2. The van der Waals surface area contributed by atoms with Crippen molar-refractivity contribution in [2.75, 3.05) is 18.0 Å². The molecule has 4 rings (SSSR count). The number of H-pyrrole nitrogens is 1. The second kappa shape index (κ2) is 7.37. The lowest BCUT2D eigenvalue weighted by molar-refractivity contribution is 0.409. The number of piperidine rings is 1. The van der Waals surface area contributed by atoms with Crippen molar-refractivity contribution in [1.82, 2.24) is 20.3 Å². The number of pyridine rings is 1. The molecule has 1 saturated heterocycles. The first kappa shape index (κ1) is 17.5. The van der Waals surface area contributed by atoms with Gasteiger partial charge in [0.25, 0.3) is 0 Å². The SMILES string of the molecule is Cc1ccc2[nH]c(CNC3CCN(c4ncccc4C#N)CC3)nc2c1C. The summed E-state index contributed by atoms with van der Waals surface area (Å²) in [7, 11) is 0. The number of fused-ring (bicyclic) bond motifs is 1. The molecule has 0 amide bonds. The molecule has 1 aliphatic rings. The standard InChI is InChI=1S/C21H24N6/c1-14-5-6-18-20(15(14)2)26-19(25-18)13-24-17-7-10-27(11-8-17)21-16(12-22)4-3-9-23-21/h3-6,9,17,24H,7-8,10-11,13H2,1-2H3,(H,25,26). The van der Waals surface area contributed by atoms with E-state index < -0.39 is 0 Å². The summed E-state index contributed by atoms with van der Waals surface area (Å²) >= 11 is 0. The summed E-state index contributed by atoms with van der Waals surface area (Å²) < 4.78 is 0. The van der Waals surface area contributed by atoms with Gasteiger partial charge in [0.15, 0.2) is 0 Å². The molecule has 3 heterocycles. The molecule has 1 aliphatic heterocycles. The van der Waals surface area contributed by atoms with E-state index in [4.69, 9.17) is 4.98 Å². The minimum atomic E-state index is 0.451. The fraction of sp³-hybridized carbons (Fsp3) is 0.381. The Morgan fingerprint density at radius 2 is 2.07 bits per heavy atom. The van der Waals surface area contributed by atoms with Gasteiger partial charge in [0.05, 0.1) is 23.1 Å². The van der Waals surface area contributed by atoms with Gasteiger partial charge < -0.3 is 15.2 Å². The zero-order valence-corrected chi connectivity index (χ0v) is 15.8. The van der Waals surface area contributed by atoms with Crippen molar-refractivity contribution in [2.24, 2.45) is 0 Å². The van der Waals surface area contributed by atoms with Gasteiger partial charge in [-0.15, -0.1) is 0 Å². The number of rotatable bonds is 4. The number of hydrogen-bond acceptors (Lipinski definition) is 5. The summed E-state index contributed by atoms with van der Waals surface area (Å²) in [6.07, 6.45) is 3.81. The van der Waals surface area contributed by atoms with Gasteiger partial charge in [-0.05, 0) is 56.0 Å². The average Bonchev–Trinajstić information content (AvgIpc) is 3.13. The van der Waals surface area contributed by atoms with Gasteiger partial charge in [-0.1, -0.05) is 6.07 Å². The molecule has 0 unspecified atom stereocenters. The Labute approximate surface area is 159 Å². The Balaban J connectivity index is 1.36. The van der Waals surface area contributed by atoms with E-state index >= 15 is 0 Å². The van der Waals surface area contributed by atoms with Gasteiger partial charge in [0.1, 0.15) is 17.7 Å². The van der Waals surface area contributed by atoms with Crippen LogP contribution in [0.2, 0.25) is 0 Å². The number of imidazole rings is 1. The molecule has 1 fully saturated rings. The van der Waals surface area contributed by atoms with Crippen LogP contribution in [0.5, 0.6) is 0 Å². The number of benzene rings is 1. The molecule has 27 heavy (non-hydrogen) atoms. The van der Waals surface area contributed by atoms with Crippen molar-refractivity contribution in [2.45, 2.75) is 39.3 Å². The molecule has 138 valence electrons. The Morgan fingerprint density at radius 1 is 1.26 bits per heavy atom. The molecule has 3 aromatic rings. The van der Waals surface area contributed by atoms with E-state index in [1.54, 1.807) is 6.20 Å². The summed E-state index contributed by atoms with van der Waals surface area (Å²) in [5.41, 5.74) is 5.33. The van der Waals surface area contributed by atoms with Crippen LogP contribution in [0.4, 0.5) is 5.82 Å². The quantitative estimate of drug-likeness (QED) is 0.747. The van der Waals surface area contributed by atoms with Crippen molar-refractivity contribution in [1.29, 1.82) is 5.26 Å². The van der Waals surface area contributed by atoms with Crippen molar-refractivity contribution < 1.29 is 0 Å². The van der Waals surface area contributed by atoms with Gasteiger partial charge in [-0.2, -0.15) is 5.26 Å². The van der Waals surface area contributed by atoms with Crippen LogP contribution < -0.4 is 10.2 Å². The van der Waals surface area contributed by atoms with Gasteiger partial charge >= 0.3 is 0 Å². The molecule has 6 heteroatoms. The number of anilines is 1. The van der Waals surface area contributed by atoms with Crippen LogP contribution in [0.25, 0.3) is 11.0 Å². The maximum atomic E-state index is 9.27. The lowest BCUT2D eigenvalue weighted by atomic mass is 10.0. The smallest absolute Gasteiger partial charge is 0.146 e. The molecular formula is C21H24N6. The van der Waals surface area contributed by atoms with E-state index in [0.29, 0.717) is 11.6 Å². The summed E-state index contributed by atoms with van der Waals surface area (Å²) in [4.78, 5) is 14.8. The number of nitrogens with zero attached hydrogens (tertiary/aromatic N) is 4. The van der Waals surface area contributed by atoms with E-state index in [-0.39, 0.29) is 0 Å². The lowest BCUT2D eigenvalue weighted by Crippen LogP contribution is -2.43. The molecule has 0 radical (unpaired) electrons. The second-order valence-electron chi connectivity index (χ2n) is 7.22. The molecule has 0 saturated carbocycles. The van der Waals surface area contributed by atoms with Crippen LogP contribution in [0, 0.1) is 25.2 Å². The van der Waals surface area contributed by atoms with Gasteiger partial charge in [0.2, 0.25) is 0 Å². The molecule has 2 N–H and O–H groups in total. The van der Waals surface area contributed by atoms with Crippen molar-refractivity contribution in [3.8, 4) is 6.07 Å². The van der Waals surface area contributed by atoms with Crippen molar-refractivity contribution in [3.63, 3.8) is 0 Å². The molecule has 0 spiro atoms. The topological polar surface area (TPSA) is 80.6 Å². The second-order valence-corrected chi connectivity index (χ2v) is 7.22. The number of aromatic nitrogens is 3. The van der Waals surface area contributed by atoms with Gasteiger partial charge in [-0.3, -0.25) is 0 Å². The summed E-state index contributed by atoms with van der Waals surface area (Å²) in [6.45, 7) is 6.79. The van der Waals surface area contributed by atoms with Crippen LogP contribution in [0.1, 0.15) is 35.4 Å². The predicted octanol–water partition coefficient (Wildman–Crippen LogP) is 3.21. The molecule has 1 aromatic carbocycles. The number of aryl methyl sites for hydroxylation is 2. The van der Waals surface area contributed by atoms with Crippen LogP contribution in [-0.2, 0) is 6.54 Å². The summed E-state index contributed by atoms with van der Waals surface area (Å²) in [5.74, 6) is 1.79. The highest BCUT2D eigenvalue weighted by Crippen LogP contribution is 2.22. The highest BCUT2D eigenvalue weighted by Gasteiger charge is 2.21. The largest absolute Gasteiger partial charge is 0.355 e. The minimum absolute atomic E-state index is 0.451. The molecular weight excluding hydrogens is 336 g/mol. The number of nitrogens with one attached hydrogen (secondary N) is 2. The van der Waals surface area contributed by atoms with Crippen LogP contribution >= 0.6 is 0 Å². The third kappa shape index (κ3) is 3.51. The first-order valence-corrected chi connectivity index (χ1v) is 9.44. The molecule has 0 bridgehead atoms. The lowest BCUT2D eigenvalue weighted by Gasteiger charge is -2.33. The van der Waals surface area contributed by atoms with Crippen molar-refractivity contribution >= 4 is 16.9 Å². The zero-order chi connectivity index (χ0) is 18.8. The third-order valence-corrected chi connectivity index (χ3v) is 5.49. The number of nitriles is 1. The first-order chi connectivity index (χ1) is 13.2. The van der Waals surface area contributed by atoms with Crippen LogP contribution in [0.3, 0.4) is 0 Å². The summed E-state index contributed by atoms with van der Waals surface area (Å²) in [5, 5.41) is 12.9. The van der Waals surface area contributed by atoms with E-state index in [0.717, 1.165) is 55.2 Å². The third-order valence-electron chi connectivity index (χ3n) is 5.49. The minimum Gasteiger partial charge on any atom is -0.355 e. The first-order valence-electron chi connectivity index (χ1n) is 9.44. The highest BCUT2D eigenvalue weighted by atomic mass is 15.2. The van der Waals surface area contributed by atoms with E-state index in [1.165, 1.54) is 11.1 Å². The van der Waals surface area contributed by atoms with E-state index in [9.17, 15) is 5.26 Å². The monoisotopic (exact) mass is 360 g/mol. The maximum Gasteiger partial charge on any atom is 0.146 e. The Bertz CT molecular complexity index is 992. The molecule has 2 aromatic heterocycles. The van der Waals surface area contributed by atoms with E-state index in [1.807, 2.05) is 12.1 Å². The fourth-order valence-corrected chi connectivity index (χ4v) is 3.72.